The van der Waals surface area contributed by atoms with Crippen LogP contribution in [0.25, 0.3) is 0 Å². The molecule has 0 saturated carbocycles. The molecule has 0 aliphatic carbocycles. The van der Waals surface area contributed by atoms with Crippen LogP contribution in [-0.4, -0.2) is 31.6 Å². The molecule has 4 heteroatoms. The number of rotatable bonds is 5. The summed E-state index contributed by atoms with van der Waals surface area (Å²) in [4.78, 5) is 14.4. The van der Waals surface area contributed by atoms with Crippen molar-refractivity contribution in [1.29, 1.82) is 0 Å². The van der Waals surface area contributed by atoms with Crippen LogP contribution in [0.1, 0.15) is 25.7 Å². The summed E-state index contributed by atoms with van der Waals surface area (Å²) in [5.41, 5.74) is 6.73. The summed E-state index contributed by atoms with van der Waals surface area (Å²) in [7, 11) is 0. The van der Waals surface area contributed by atoms with Crippen LogP contribution in [0.5, 0.6) is 0 Å². The molecule has 1 heterocycles. The molecule has 1 atom stereocenters. The second-order valence-corrected chi connectivity index (χ2v) is 4.97. The smallest absolute Gasteiger partial charge is 0.242 e. The molecule has 104 valence electrons. The Morgan fingerprint density at radius 1 is 1.26 bits per heavy atom. The van der Waals surface area contributed by atoms with E-state index in [1.807, 2.05) is 18.2 Å². The lowest BCUT2D eigenvalue weighted by Gasteiger charge is -2.32. The first kappa shape index (κ1) is 13.9. The molecule has 1 aromatic carbocycles. The Hall–Kier alpha value is -1.55. The largest absolute Gasteiger partial charge is 0.359 e. The minimum absolute atomic E-state index is 0.0588. The normalized spacial score (nSPS) is 19.6. The SMILES string of the molecule is NCCCN(c1ccccc1)C1CCCCNC1=O. The van der Waals surface area contributed by atoms with Gasteiger partial charge >= 0.3 is 0 Å². The topological polar surface area (TPSA) is 58.4 Å². The first-order chi connectivity index (χ1) is 9.33. The van der Waals surface area contributed by atoms with E-state index in [2.05, 4.69) is 22.3 Å². The molecular weight excluding hydrogens is 238 g/mol. The van der Waals surface area contributed by atoms with E-state index in [-0.39, 0.29) is 11.9 Å². The maximum atomic E-state index is 12.2. The van der Waals surface area contributed by atoms with Crippen LogP contribution >= 0.6 is 0 Å². The summed E-state index contributed by atoms with van der Waals surface area (Å²) in [6.45, 7) is 2.28. The van der Waals surface area contributed by atoms with Gasteiger partial charge in [0.25, 0.3) is 0 Å². The van der Waals surface area contributed by atoms with Gasteiger partial charge in [0.15, 0.2) is 0 Å². The van der Waals surface area contributed by atoms with Gasteiger partial charge in [-0.05, 0) is 44.4 Å². The Morgan fingerprint density at radius 3 is 2.79 bits per heavy atom. The van der Waals surface area contributed by atoms with E-state index in [1.165, 1.54) is 0 Å². The molecule has 2 rings (SSSR count). The number of amides is 1. The van der Waals surface area contributed by atoms with Crippen LogP contribution in [0.2, 0.25) is 0 Å². The Morgan fingerprint density at radius 2 is 2.05 bits per heavy atom. The predicted octanol–water partition coefficient (Wildman–Crippen LogP) is 1.51. The van der Waals surface area contributed by atoms with E-state index in [4.69, 9.17) is 5.73 Å². The predicted molar refractivity (Wildman–Crippen MR) is 78.1 cm³/mol. The molecule has 1 aromatic rings. The van der Waals surface area contributed by atoms with Crippen molar-refractivity contribution in [2.24, 2.45) is 5.73 Å². The molecule has 0 bridgehead atoms. The quantitative estimate of drug-likeness (QED) is 0.844. The van der Waals surface area contributed by atoms with Gasteiger partial charge in [0, 0.05) is 18.8 Å². The van der Waals surface area contributed by atoms with E-state index >= 15 is 0 Å². The molecule has 1 fully saturated rings. The van der Waals surface area contributed by atoms with Crippen molar-refractivity contribution < 1.29 is 4.79 Å². The van der Waals surface area contributed by atoms with Gasteiger partial charge in [-0.15, -0.1) is 0 Å². The van der Waals surface area contributed by atoms with Crippen molar-refractivity contribution in [2.75, 3.05) is 24.5 Å². The summed E-state index contributed by atoms with van der Waals surface area (Å²) in [5.74, 6) is 0.151. The fraction of sp³-hybridized carbons (Fsp3) is 0.533. The molecule has 1 aliphatic rings. The zero-order chi connectivity index (χ0) is 13.5. The van der Waals surface area contributed by atoms with Gasteiger partial charge in [-0.3, -0.25) is 4.79 Å². The summed E-state index contributed by atoms with van der Waals surface area (Å²) < 4.78 is 0. The molecular formula is C15H23N3O. The minimum atomic E-state index is -0.0588. The second kappa shape index (κ2) is 7.14. The van der Waals surface area contributed by atoms with Crippen LogP contribution < -0.4 is 16.0 Å². The maximum Gasteiger partial charge on any atom is 0.242 e. The summed E-state index contributed by atoms with van der Waals surface area (Å²) >= 11 is 0. The van der Waals surface area contributed by atoms with E-state index < -0.39 is 0 Å². The monoisotopic (exact) mass is 261 g/mol. The highest BCUT2D eigenvalue weighted by Gasteiger charge is 2.26. The van der Waals surface area contributed by atoms with Crippen molar-refractivity contribution >= 4 is 11.6 Å². The van der Waals surface area contributed by atoms with E-state index in [0.717, 1.165) is 44.5 Å². The number of nitrogens with one attached hydrogen (secondary N) is 1. The van der Waals surface area contributed by atoms with Gasteiger partial charge in [-0.25, -0.2) is 0 Å². The molecule has 0 radical (unpaired) electrons. The highest BCUT2D eigenvalue weighted by molar-refractivity contribution is 5.85. The fourth-order valence-corrected chi connectivity index (χ4v) is 2.57. The molecule has 4 nitrogen and oxygen atoms in total. The number of para-hydroxylation sites is 1. The number of hydrogen-bond donors (Lipinski definition) is 2. The molecule has 3 N–H and O–H groups in total. The number of carbonyl (C=O) groups is 1. The average Bonchev–Trinajstić information content (AvgIpc) is 2.66. The summed E-state index contributed by atoms with van der Waals surface area (Å²) in [6, 6.07) is 10.1. The van der Waals surface area contributed by atoms with Crippen molar-refractivity contribution in [2.45, 2.75) is 31.7 Å². The fourth-order valence-electron chi connectivity index (χ4n) is 2.57. The lowest BCUT2D eigenvalue weighted by atomic mass is 10.1. The zero-order valence-electron chi connectivity index (χ0n) is 11.3. The first-order valence-electron chi connectivity index (χ1n) is 7.12. The van der Waals surface area contributed by atoms with Crippen LogP contribution in [0.15, 0.2) is 30.3 Å². The van der Waals surface area contributed by atoms with Crippen molar-refractivity contribution in [3.63, 3.8) is 0 Å². The van der Waals surface area contributed by atoms with Crippen LogP contribution in [-0.2, 0) is 4.79 Å². The third-order valence-corrected chi connectivity index (χ3v) is 3.57. The number of anilines is 1. The molecule has 1 aliphatic heterocycles. The summed E-state index contributed by atoms with van der Waals surface area (Å²) in [5, 5.41) is 3.01. The molecule has 0 spiro atoms. The number of nitrogens with two attached hydrogens (primary N) is 1. The average molecular weight is 261 g/mol. The lowest BCUT2D eigenvalue weighted by molar-refractivity contribution is -0.122. The van der Waals surface area contributed by atoms with Crippen LogP contribution in [0.4, 0.5) is 5.69 Å². The molecule has 0 aromatic heterocycles. The van der Waals surface area contributed by atoms with Gasteiger partial charge < -0.3 is 16.0 Å². The van der Waals surface area contributed by atoms with Crippen molar-refractivity contribution in [3.05, 3.63) is 30.3 Å². The molecule has 1 unspecified atom stereocenters. The number of hydrogen-bond acceptors (Lipinski definition) is 3. The second-order valence-electron chi connectivity index (χ2n) is 4.97. The van der Waals surface area contributed by atoms with Crippen LogP contribution in [0, 0.1) is 0 Å². The van der Waals surface area contributed by atoms with Gasteiger partial charge in [-0.1, -0.05) is 18.2 Å². The van der Waals surface area contributed by atoms with Crippen molar-refractivity contribution in [1.82, 2.24) is 5.32 Å². The maximum absolute atomic E-state index is 12.2. The van der Waals surface area contributed by atoms with Gasteiger partial charge in [-0.2, -0.15) is 0 Å². The highest BCUT2D eigenvalue weighted by atomic mass is 16.2. The zero-order valence-corrected chi connectivity index (χ0v) is 11.3. The van der Waals surface area contributed by atoms with Gasteiger partial charge in [0.2, 0.25) is 5.91 Å². The number of benzene rings is 1. The Kier molecular flexibility index (Phi) is 5.21. The van der Waals surface area contributed by atoms with E-state index in [1.54, 1.807) is 0 Å². The first-order valence-corrected chi connectivity index (χ1v) is 7.12. The standard InChI is InChI=1S/C15H23N3O/c16-10-6-12-18(13-7-2-1-3-8-13)14-9-4-5-11-17-15(14)19/h1-3,7-8,14H,4-6,9-12,16H2,(H,17,19). The molecule has 1 saturated heterocycles. The highest BCUT2D eigenvalue weighted by Crippen LogP contribution is 2.21. The van der Waals surface area contributed by atoms with E-state index in [9.17, 15) is 4.79 Å². The van der Waals surface area contributed by atoms with Gasteiger partial charge in [0.05, 0.1) is 0 Å². The van der Waals surface area contributed by atoms with Gasteiger partial charge in [0.1, 0.15) is 6.04 Å². The minimum Gasteiger partial charge on any atom is -0.359 e. The third-order valence-electron chi connectivity index (χ3n) is 3.57. The third kappa shape index (κ3) is 3.70. The summed E-state index contributed by atoms with van der Waals surface area (Å²) in [6.07, 6.45) is 3.99. The Labute approximate surface area is 115 Å². The van der Waals surface area contributed by atoms with E-state index in [0.29, 0.717) is 6.54 Å². The molecule has 19 heavy (non-hydrogen) atoms. The lowest BCUT2D eigenvalue weighted by Crippen LogP contribution is -2.46. The Balaban J connectivity index is 2.18. The van der Waals surface area contributed by atoms with Crippen molar-refractivity contribution in [3.8, 4) is 0 Å². The number of carbonyl (C=O) groups excluding carboxylic acids is 1. The van der Waals surface area contributed by atoms with Crippen LogP contribution in [0.3, 0.4) is 0 Å². The Bertz CT molecular complexity index is 394. The molecule has 1 amide bonds. The number of nitrogens with zero attached hydrogens (tertiary/aromatic N) is 1.